The number of likely N-dealkylation sites (tertiary alicyclic amines) is 1. The van der Waals surface area contributed by atoms with Crippen LogP contribution >= 0.6 is 11.6 Å². The molecule has 1 fully saturated rings. The maximum Gasteiger partial charge on any atom is 0.240 e. The zero-order chi connectivity index (χ0) is 10.7. The van der Waals surface area contributed by atoms with Gasteiger partial charge in [-0.15, -0.1) is 11.6 Å². The lowest BCUT2D eigenvalue weighted by molar-refractivity contribution is -0.133. The van der Waals surface area contributed by atoms with Gasteiger partial charge in [-0.05, 0) is 24.7 Å². The maximum atomic E-state index is 11.8. The van der Waals surface area contributed by atoms with Gasteiger partial charge in [-0.1, -0.05) is 20.8 Å². The molecule has 3 atom stereocenters. The van der Waals surface area contributed by atoms with E-state index in [2.05, 4.69) is 13.8 Å². The molecule has 0 bridgehead atoms. The number of hydrogen-bond acceptors (Lipinski definition) is 1. The third-order valence-electron chi connectivity index (χ3n) is 2.81. The van der Waals surface area contributed by atoms with Crippen molar-refractivity contribution in [3.8, 4) is 0 Å². The first-order valence-electron chi connectivity index (χ1n) is 5.47. The molecular formula is C11H20ClNO. The van der Waals surface area contributed by atoms with Crippen LogP contribution in [0.25, 0.3) is 0 Å². The quantitative estimate of drug-likeness (QED) is 0.651. The smallest absolute Gasteiger partial charge is 0.240 e. The molecule has 3 heteroatoms. The van der Waals surface area contributed by atoms with Crippen LogP contribution in [0, 0.1) is 11.8 Å². The van der Waals surface area contributed by atoms with Crippen LogP contribution in [0.1, 0.15) is 33.6 Å². The Morgan fingerprint density at radius 3 is 2.36 bits per heavy atom. The number of amides is 1. The third-order valence-corrected chi connectivity index (χ3v) is 3.30. The Morgan fingerprint density at radius 1 is 1.43 bits per heavy atom. The number of halogens is 1. The third kappa shape index (κ3) is 2.88. The molecule has 0 radical (unpaired) electrons. The first-order valence-corrected chi connectivity index (χ1v) is 5.91. The number of hydrogen-bond donors (Lipinski definition) is 0. The average molecular weight is 218 g/mol. The second kappa shape index (κ2) is 5.01. The molecule has 82 valence electrons. The number of piperidine rings is 1. The molecule has 0 aromatic carbocycles. The highest BCUT2D eigenvalue weighted by Gasteiger charge is 2.28. The predicted octanol–water partition coefficient (Wildman–Crippen LogP) is 2.51. The fourth-order valence-electron chi connectivity index (χ4n) is 2.22. The highest BCUT2D eigenvalue weighted by atomic mass is 35.5. The molecule has 1 rings (SSSR count). The van der Waals surface area contributed by atoms with Gasteiger partial charge in [0.05, 0.1) is 0 Å². The molecule has 14 heavy (non-hydrogen) atoms. The van der Waals surface area contributed by atoms with E-state index in [0.29, 0.717) is 11.8 Å². The first-order chi connectivity index (χ1) is 6.54. The topological polar surface area (TPSA) is 20.3 Å². The van der Waals surface area contributed by atoms with Crippen LogP contribution in [0.4, 0.5) is 0 Å². The van der Waals surface area contributed by atoms with E-state index in [1.54, 1.807) is 0 Å². The first kappa shape index (κ1) is 11.8. The van der Waals surface area contributed by atoms with E-state index in [4.69, 9.17) is 11.6 Å². The molecule has 1 aliphatic heterocycles. The average Bonchev–Trinajstić information content (AvgIpc) is 2.14. The summed E-state index contributed by atoms with van der Waals surface area (Å²) in [6.07, 6.45) is 1.95. The predicted molar refractivity (Wildman–Crippen MR) is 59.5 cm³/mol. The van der Waals surface area contributed by atoms with Crippen LogP contribution in [0.3, 0.4) is 0 Å². The van der Waals surface area contributed by atoms with Crippen LogP contribution < -0.4 is 0 Å². The van der Waals surface area contributed by atoms with Crippen LogP contribution in [0.15, 0.2) is 0 Å². The Labute approximate surface area is 91.6 Å². The summed E-state index contributed by atoms with van der Waals surface area (Å²) in [4.78, 5) is 13.7. The normalized spacial score (nSPS) is 30.1. The number of carbonyl (C=O) groups is 1. The highest BCUT2D eigenvalue weighted by molar-refractivity contribution is 6.30. The lowest BCUT2D eigenvalue weighted by Gasteiger charge is -2.35. The Bertz CT molecular complexity index is 197. The van der Waals surface area contributed by atoms with Gasteiger partial charge in [-0.2, -0.15) is 0 Å². The maximum absolute atomic E-state index is 11.8. The highest BCUT2D eigenvalue weighted by Crippen LogP contribution is 2.22. The summed E-state index contributed by atoms with van der Waals surface area (Å²) < 4.78 is 0. The van der Waals surface area contributed by atoms with Gasteiger partial charge in [0.1, 0.15) is 5.38 Å². The fourth-order valence-corrected chi connectivity index (χ4v) is 2.35. The fraction of sp³-hybridized carbons (Fsp3) is 0.909. The van der Waals surface area contributed by atoms with Crippen molar-refractivity contribution < 1.29 is 4.79 Å². The minimum atomic E-state index is -0.326. The van der Waals surface area contributed by atoms with E-state index in [0.717, 1.165) is 19.5 Å². The van der Waals surface area contributed by atoms with Crippen molar-refractivity contribution >= 4 is 17.5 Å². The van der Waals surface area contributed by atoms with Gasteiger partial charge in [0.25, 0.3) is 0 Å². The summed E-state index contributed by atoms with van der Waals surface area (Å²) in [6, 6.07) is 0. The van der Waals surface area contributed by atoms with E-state index in [1.165, 1.54) is 6.42 Å². The van der Waals surface area contributed by atoms with E-state index in [1.807, 2.05) is 11.8 Å². The molecule has 0 aromatic rings. The summed E-state index contributed by atoms with van der Waals surface area (Å²) in [5.41, 5.74) is 0. The Hall–Kier alpha value is -0.240. The Balaban J connectivity index is 2.54. The Morgan fingerprint density at radius 2 is 1.93 bits per heavy atom. The lowest BCUT2D eigenvalue weighted by Crippen LogP contribution is -2.45. The standard InChI is InChI=1S/C11H20ClNO/c1-4-10(12)11(14)13-6-8(2)5-9(3)7-13/h8-10H,4-7H2,1-3H3/t8-,9+,10-/m1/s1. The van der Waals surface area contributed by atoms with Gasteiger partial charge < -0.3 is 4.90 Å². The number of carbonyl (C=O) groups excluding carboxylic acids is 1. The summed E-state index contributed by atoms with van der Waals surface area (Å²) >= 11 is 5.95. The summed E-state index contributed by atoms with van der Waals surface area (Å²) in [6.45, 7) is 8.11. The molecule has 0 N–H and O–H groups in total. The minimum Gasteiger partial charge on any atom is -0.341 e. The molecule has 2 nitrogen and oxygen atoms in total. The van der Waals surface area contributed by atoms with Crippen LogP contribution in [-0.2, 0) is 4.79 Å². The van der Waals surface area contributed by atoms with E-state index in [9.17, 15) is 4.79 Å². The Kier molecular flexibility index (Phi) is 4.24. The lowest BCUT2D eigenvalue weighted by atomic mass is 9.91. The molecule has 1 heterocycles. The molecule has 1 saturated heterocycles. The zero-order valence-electron chi connectivity index (χ0n) is 9.29. The van der Waals surface area contributed by atoms with Gasteiger partial charge in [0.15, 0.2) is 0 Å². The van der Waals surface area contributed by atoms with Crippen LogP contribution in [0.5, 0.6) is 0 Å². The van der Waals surface area contributed by atoms with Crippen LogP contribution in [0.2, 0.25) is 0 Å². The van der Waals surface area contributed by atoms with Gasteiger partial charge in [0, 0.05) is 13.1 Å². The second-order valence-electron chi connectivity index (χ2n) is 4.57. The SMILES string of the molecule is CC[C@@H](Cl)C(=O)N1C[C@H](C)C[C@H](C)C1. The summed E-state index contributed by atoms with van der Waals surface area (Å²) in [5, 5.41) is -0.326. The molecule has 1 aliphatic rings. The van der Waals surface area contributed by atoms with Crippen molar-refractivity contribution in [2.24, 2.45) is 11.8 Å². The largest absolute Gasteiger partial charge is 0.341 e. The molecule has 0 saturated carbocycles. The summed E-state index contributed by atoms with van der Waals surface area (Å²) in [5.74, 6) is 1.35. The van der Waals surface area contributed by atoms with Crippen molar-refractivity contribution in [2.75, 3.05) is 13.1 Å². The molecule has 0 aromatic heterocycles. The van der Waals surface area contributed by atoms with Gasteiger partial charge in [-0.25, -0.2) is 0 Å². The van der Waals surface area contributed by atoms with Crippen molar-refractivity contribution in [3.05, 3.63) is 0 Å². The molecule has 0 unspecified atom stereocenters. The van der Waals surface area contributed by atoms with E-state index in [-0.39, 0.29) is 11.3 Å². The van der Waals surface area contributed by atoms with Crippen molar-refractivity contribution in [1.82, 2.24) is 4.90 Å². The van der Waals surface area contributed by atoms with Gasteiger partial charge in [0.2, 0.25) is 5.91 Å². The molecule has 0 aliphatic carbocycles. The van der Waals surface area contributed by atoms with E-state index < -0.39 is 0 Å². The number of alkyl halides is 1. The zero-order valence-corrected chi connectivity index (χ0v) is 10.0. The minimum absolute atomic E-state index is 0.118. The molecular weight excluding hydrogens is 198 g/mol. The van der Waals surface area contributed by atoms with Crippen molar-refractivity contribution in [2.45, 2.75) is 39.0 Å². The molecule has 0 spiro atoms. The van der Waals surface area contributed by atoms with Crippen molar-refractivity contribution in [3.63, 3.8) is 0 Å². The monoisotopic (exact) mass is 217 g/mol. The number of rotatable bonds is 2. The summed E-state index contributed by atoms with van der Waals surface area (Å²) in [7, 11) is 0. The van der Waals surface area contributed by atoms with E-state index >= 15 is 0 Å². The van der Waals surface area contributed by atoms with Gasteiger partial charge in [-0.3, -0.25) is 4.79 Å². The number of nitrogens with zero attached hydrogens (tertiary/aromatic N) is 1. The van der Waals surface area contributed by atoms with Gasteiger partial charge >= 0.3 is 0 Å². The van der Waals surface area contributed by atoms with Crippen molar-refractivity contribution in [1.29, 1.82) is 0 Å². The molecule has 1 amide bonds. The van der Waals surface area contributed by atoms with Crippen LogP contribution in [-0.4, -0.2) is 29.3 Å². The second-order valence-corrected chi connectivity index (χ2v) is 5.09.